The van der Waals surface area contributed by atoms with Crippen molar-refractivity contribution in [3.63, 3.8) is 0 Å². The van der Waals surface area contributed by atoms with E-state index in [0.29, 0.717) is 6.54 Å². The van der Waals surface area contributed by atoms with Crippen molar-refractivity contribution >= 4 is 0 Å². The minimum absolute atomic E-state index is 0.0237. The lowest BCUT2D eigenvalue weighted by molar-refractivity contribution is 0.396. The number of nitrogens with two attached hydrogens (primary N) is 1. The van der Waals surface area contributed by atoms with E-state index in [-0.39, 0.29) is 5.54 Å². The quantitative estimate of drug-likeness (QED) is 0.836. The van der Waals surface area contributed by atoms with Gasteiger partial charge in [0.05, 0.1) is 0 Å². The predicted octanol–water partition coefficient (Wildman–Crippen LogP) is 2.39. The molecule has 2 rings (SSSR count). The molecule has 0 amide bonds. The molecule has 0 unspecified atom stereocenters. The first-order valence-corrected chi connectivity index (χ1v) is 6.66. The standard InChI is InChI=1S/C15H24N2/c1-15(2,11-16)17-10-12-7-8-13-5-3-4-6-14(13)9-12/h7-9,17H,3-6,10-11,16H2,1-2H3. The van der Waals surface area contributed by atoms with Crippen LogP contribution < -0.4 is 11.1 Å². The Morgan fingerprint density at radius 2 is 1.88 bits per heavy atom. The molecule has 0 bridgehead atoms. The van der Waals surface area contributed by atoms with Gasteiger partial charge in [-0.25, -0.2) is 0 Å². The summed E-state index contributed by atoms with van der Waals surface area (Å²) < 4.78 is 0. The zero-order chi connectivity index (χ0) is 12.3. The highest BCUT2D eigenvalue weighted by Crippen LogP contribution is 2.22. The van der Waals surface area contributed by atoms with Crippen LogP contribution in [0.4, 0.5) is 0 Å². The third kappa shape index (κ3) is 3.30. The monoisotopic (exact) mass is 232 g/mol. The highest BCUT2D eigenvalue weighted by atomic mass is 15.0. The number of aryl methyl sites for hydroxylation is 2. The van der Waals surface area contributed by atoms with E-state index < -0.39 is 0 Å². The van der Waals surface area contributed by atoms with Crippen LogP contribution in [0.25, 0.3) is 0 Å². The molecule has 3 N–H and O–H groups in total. The lowest BCUT2D eigenvalue weighted by Gasteiger charge is -2.25. The molecule has 1 aliphatic carbocycles. The van der Waals surface area contributed by atoms with Gasteiger partial charge in [-0.05, 0) is 56.2 Å². The Bertz CT molecular complexity index is 383. The van der Waals surface area contributed by atoms with Crippen LogP contribution >= 0.6 is 0 Å². The number of rotatable bonds is 4. The molecule has 17 heavy (non-hydrogen) atoms. The van der Waals surface area contributed by atoms with Crippen LogP contribution in [0.3, 0.4) is 0 Å². The van der Waals surface area contributed by atoms with E-state index in [0.717, 1.165) is 6.54 Å². The molecule has 0 saturated carbocycles. The molecule has 0 fully saturated rings. The molecule has 0 atom stereocenters. The minimum Gasteiger partial charge on any atom is -0.329 e. The van der Waals surface area contributed by atoms with Crippen molar-refractivity contribution in [3.05, 3.63) is 34.9 Å². The average molecular weight is 232 g/mol. The van der Waals surface area contributed by atoms with Gasteiger partial charge in [0.2, 0.25) is 0 Å². The molecule has 2 heteroatoms. The van der Waals surface area contributed by atoms with E-state index in [1.807, 2.05) is 0 Å². The Morgan fingerprint density at radius 3 is 2.59 bits per heavy atom. The number of hydrogen-bond donors (Lipinski definition) is 2. The summed E-state index contributed by atoms with van der Waals surface area (Å²) in [5, 5.41) is 3.51. The van der Waals surface area contributed by atoms with Gasteiger partial charge in [0.1, 0.15) is 0 Å². The Hall–Kier alpha value is -0.860. The van der Waals surface area contributed by atoms with Gasteiger partial charge in [-0.1, -0.05) is 18.2 Å². The normalized spacial score (nSPS) is 15.7. The molecule has 1 aromatic rings. The molecular weight excluding hydrogens is 208 g/mol. The van der Waals surface area contributed by atoms with E-state index in [4.69, 9.17) is 5.73 Å². The van der Waals surface area contributed by atoms with Gasteiger partial charge in [-0.2, -0.15) is 0 Å². The van der Waals surface area contributed by atoms with Gasteiger partial charge in [0.15, 0.2) is 0 Å². The maximum absolute atomic E-state index is 5.72. The summed E-state index contributed by atoms with van der Waals surface area (Å²) in [4.78, 5) is 0. The summed E-state index contributed by atoms with van der Waals surface area (Å²) in [6.45, 7) is 5.87. The third-order valence-corrected chi connectivity index (χ3v) is 3.69. The first-order valence-electron chi connectivity index (χ1n) is 6.66. The summed E-state index contributed by atoms with van der Waals surface area (Å²) in [5.74, 6) is 0. The van der Waals surface area contributed by atoms with Crippen molar-refractivity contribution in [1.29, 1.82) is 0 Å². The maximum atomic E-state index is 5.72. The second-order valence-corrected chi connectivity index (χ2v) is 5.75. The van der Waals surface area contributed by atoms with E-state index in [2.05, 4.69) is 37.4 Å². The zero-order valence-electron chi connectivity index (χ0n) is 11.1. The molecule has 1 aliphatic rings. The summed E-state index contributed by atoms with van der Waals surface area (Å²) in [7, 11) is 0. The van der Waals surface area contributed by atoms with Crippen LogP contribution in [0.15, 0.2) is 18.2 Å². The van der Waals surface area contributed by atoms with Crippen molar-refractivity contribution in [3.8, 4) is 0 Å². The molecular formula is C15H24N2. The van der Waals surface area contributed by atoms with E-state index in [1.165, 1.54) is 31.2 Å². The Kier molecular flexibility index (Phi) is 3.85. The van der Waals surface area contributed by atoms with Crippen molar-refractivity contribution in [1.82, 2.24) is 5.32 Å². The molecule has 2 nitrogen and oxygen atoms in total. The fourth-order valence-electron chi connectivity index (χ4n) is 2.31. The van der Waals surface area contributed by atoms with E-state index in [9.17, 15) is 0 Å². The predicted molar refractivity (Wildman–Crippen MR) is 73.1 cm³/mol. The second kappa shape index (κ2) is 5.19. The smallest absolute Gasteiger partial charge is 0.0250 e. The Labute approximate surface area is 105 Å². The first kappa shape index (κ1) is 12.6. The maximum Gasteiger partial charge on any atom is 0.0250 e. The molecule has 0 aromatic heterocycles. The molecule has 0 spiro atoms. The molecule has 0 heterocycles. The number of hydrogen-bond acceptors (Lipinski definition) is 2. The van der Waals surface area contributed by atoms with Gasteiger partial charge in [-0.3, -0.25) is 0 Å². The van der Waals surface area contributed by atoms with Crippen LogP contribution in [0.1, 0.15) is 43.4 Å². The molecule has 0 saturated heterocycles. The van der Waals surface area contributed by atoms with E-state index >= 15 is 0 Å². The fraction of sp³-hybridized carbons (Fsp3) is 0.600. The first-order chi connectivity index (χ1) is 8.11. The van der Waals surface area contributed by atoms with Crippen molar-refractivity contribution in [2.75, 3.05) is 6.54 Å². The largest absolute Gasteiger partial charge is 0.329 e. The Morgan fingerprint density at radius 1 is 1.18 bits per heavy atom. The number of nitrogens with one attached hydrogen (secondary N) is 1. The lowest BCUT2D eigenvalue weighted by Crippen LogP contribution is -2.45. The number of fused-ring (bicyclic) bond motifs is 1. The van der Waals surface area contributed by atoms with Crippen LogP contribution in [-0.4, -0.2) is 12.1 Å². The van der Waals surface area contributed by atoms with Gasteiger partial charge in [-0.15, -0.1) is 0 Å². The van der Waals surface area contributed by atoms with Gasteiger partial charge in [0, 0.05) is 18.6 Å². The van der Waals surface area contributed by atoms with Crippen LogP contribution in [0, 0.1) is 0 Å². The molecule has 0 aliphatic heterocycles. The summed E-state index contributed by atoms with van der Waals surface area (Å²) in [5.41, 5.74) is 10.2. The average Bonchev–Trinajstić information content (AvgIpc) is 2.36. The van der Waals surface area contributed by atoms with Crippen molar-refractivity contribution < 1.29 is 0 Å². The summed E-state index contributed by atoms with van der Waals surface area (Å²) >= 11 is 0. The van der Waals surface area contributed by atoms with Gasteiger partial charge >= 0.3 is 0 Å². The highest BCUT2D eigenvalue weighted by Gasteiger charge is 2.14. The topological polar surface area (TPSA) is 38.0 Å². The second-order valence-electron chi connectivity index (χ2n) is 5.75. The van der Waals surface area contributed by atoms with Gasteiger partial charge in [0.25, 0.3) is 0 Å². The van der Waals surface area contributed by atoms with E-state index in [1.54, 1.807) is 11.1 Å². The lowest BCUT2D eigenvalue weighted by atomic mass is 9.90. The number of benzene rings is 1. The minimum atomic E-state index is 0.0237. The van der Waals surface area contributed by atoms with Crippen molar-refractivity contribution in [2.45, 2.75) is 51.6 Å². The summed E-state index contributed by atoms with van der Waals surface area (Å²) in [6.07, 6.45) is 5.21. The van der Waals surface area contributed by atoms with Crippen LogP contribution in [0.2, 0.25) is 0 Å². The zero-order valence-corrected chi connectivity index (χ0v) is 11.1. The fourth-order valence-corrected chi connectivity index (χ4v) is 2.31. The molecule has 1 aromatic carbocycles. The molecule has 0 radical (unpaired) electrons. The van der Waals surface area contributed by atoms with Crippen molar-refractivity contribution in [2.24, 2.45) is 5.73 Å². The highest BCUT2D eigenvalue weighted by molar-refractivity contribution is 5.33. The SMILES string of the molecule is CC(C)(CN)NCc1ccc2c(c1)CCCC2. The third-order valence-electron chi connectivity index (χ3n) is 3.69. The summed E-state index contributed by atoms with van der Waals surface area (Å²) in [6, 6.07) is 6.93. The molecule has 94 valence electrons. The van der Waals surface area contributed by atoms with Crippen LogP contribution in [-0.2, 0) is 19.4 Å². The van der Waals surface area contributed by atoms with Gasteiger partial charge < -0.3 is 11.1 Å². The Balaban J connectivity index is 2.02. The van der Waals surface area contributed by atoms with Crippen LogP contribution in [0.5, 0.6) is 0 Å².